The minimum absolute atomic E-state index is 0.0654. The van der Waals surface area contributed by atoms with Gasteiger partial charge < -0.3 is 10.2 Å². The van der Waals surface area contributed by atoms with E-state index < -0.39 is 0 Å². The molecule has 0 fully saturated rings. The first-order chi connectivity index (χ1) is 16.1. The highest BCUT2D eigenvalue weighted by Gasteiger charge is 2.18. The van der Waals surface area contributed by atoms with Gasteiger partial charge in [-0.1, -0.05) is 72.8 Å². The summed E-state index contributed by atoms with van der Waals surface area (Å²) in [5.74, 6) is -0.140. The Kier molecular flexibility index (Phi) is 6.96. The maximum atomic E-state index is 13.3. The molecular weight excluding hydrogens is 408 g/mol. The molecule has 0 aliphatic rings. The van der Waals surface area contributed by atoms with Gasteiger partial charge >= 0.3 is 0 Å². The smallest absolute Gasteiger partial charge is 0.258 e. The minimum atomic E-state index is -0.0742. The molecule has 0 aromatic heterocycles. The normalized spacial score (nSPS) is 10.5. The Labute approximate surface area is 194 Å². The highest BCUT2D eigenvalue weighted by Crippen LogP contribution is 2.22. The van der Waals surface area contributed by atoms with Crippen molar-refractivity contribution >= 4 is 23.2 Å². The van der Waals surface area contributed by atoms with Gasteiger partial charge in [-0.25, -0.2) is 0 Å². The predicted molar refractivity (Wildman–Crippen MR) is 133 cm³/mol. The molecule has 2 amide bonds. The van der Waals surface area contributed by atoms with E-state index in [4.69, 9.17) is 0 Å². The first kappa shape index (κ1) is 22.0. The first-order valence-electron chi connectivity index (χ1n) is 10.9. The molecule has 0 aliphatic heterocycles. The highest BCUT2D eigenvalue weighted by molar-refractivity contribution is 6.06. The fourth-order valence-electron chi connectivity index (χ4n) is 3.69. The third-order valence-corrected chi connectivity index (χ3v) is 5.36. The summed E-state index contributed by atoms with van der Waals surface area (Å²) in [5, 5.41) is 2.94. The lowest BCUT2D eigenvalue weighted by molar-refractivity contribution is -0.115. The van der Waals surface area contributed by atoms with E-state index in [1.165, 1.54) is 0 Å². The zero-order valence-electron chi connectivity index (χ0n) is 18.6. The third-order valence-electron chi connectivity index (χ3n) is 5.36. The summed E-state index contributed by atoms with van der Waals surface area (Å²) >= 11 is 0. The zero-order chi connectivity index (χ0) is 23.0. The molecule has 4 heteroatoms. The predicted octanol–water partition coefficient (Wildman–Crippen LogP) is 6.02. The van der Waals surface area contributed by atoms with Crippen molar-refractivity contribution in [2.75, 3.05) is 10.2 Å². The average molecular weight is 435 g/mol. The van der Waals surface area contributed by atoms with E-state index in [-0.39, 0.29) is 18.2 Å². The van der Waals surface area contributed by atoms with Gasteiger partial charge in [-0.3, -0.25) is 9.59 Å². The summed E-state index contributed by atoms with van der Waals surface area (Å²) in [5.41, 5.74) is 5.24. The second-order valence-electron chi connectivity index (χ2n) is 8.00. The molecule has 0 spiro atoms. The SMILES string of the molecule is Cc1cccc(NC(=O)Cc2ccc(N(Cc3ccccc3)C(=O)c3ccccc3)cc2)c1. The second-order valence-corrected chi connectivity index (χ2v) is 8.00. The van der Waals surface area contributed by atoms with Gasteiger partial charge in [-0.05, 0) is 60.0 Å². The van der Waals surface area contributed by atoms with E-state index in [2.05, 4.69) is 5.32 Å². The topological polar surface area (TPSA) is 49.4 Å². The number of nitrogens with one attached hydrogen (secondary N) is 1. The Balaban J connectivity index is 1.51. The van der Waals surface area contributed by atoms with Gasteiger partial charge in [0, 0.05) is 16.9 Å². The van der Waals surface area contributed by atoms with Crippen molar-refractivity contribution in [3.05, 3.63) is 131 Å². The monoisotopic (exact) mass is 434 g/mol. The van der Waals surface area contributed by atoms with Crippen molar-refractivity contribution in [3.63, 3.8) is 0 Å². The Hall–Kier alpha value is -4.18. The quantitative estimate of drug-likeness (QED) is 0.386. The summed E-state index contributed by atoms with van der Waals surface area (Å²) in [4.78, 5) is 27.5. The number of hydrogen-bond acceptors (Lipinski definition) is 2. The van der Waals surface area contributed by atoms with Crippen LogP contribution in [0.15, 0.2) is 109 Å². The standard InChI is InChI=1S/C29H26N2O2/c1-22-9-8-14-26(19-22)30-28(32)20-23-15-17-27(18-16-23)31(21-24-10-4-2-5-11-24)29(33)25-12-6-3-7-13-25/h2-19H,20-21H2,1H3,(H,30,32). The largest absolute Gasteiger partial charge is 0.326 e. The van der Waals surface area contributed by atoms with Crippen molar-refractivity contribution in [3.8, 4) is 0 Å². The van der Waals surface area contributed by atoms with E-state index in [1.54, 1.807) is 4.90 Å². The molecule has 4 aromatic carbocycles. The Morgan fingerprint density at radius 3 is 2.06 bits per heavy atom. The lowest BCUT2D eigenvalue weighted by Gasteiger charge is -2.23. The van der Waals surface area contributed by atoms with E-state index in [1.807, 2.05) is 116 Å². The van der Waals surface area contributed by atoms with Crippen molar-refractivity contribution in [1.82, 2.24) is 0 Å². The molecule has 0 radical (unpaired) electrons. The molecule has 33 heavy (non-hydrogen) atoms. The molecule has 1 N–H and O–H groups in total. The summed E-state index contributed by atoms with van der Waals surface area (Å²) in [7, 11) is 0. The lowest BCUT2D eigenvalue weighted by atomic mass is 10.1. The summed E-state index contributed by atoms with van der Waals surface area (Å²) in [6.07, 6.45) is 0.263. The van der Waals surface area contributed by atoms with Crippen LogP contribution >= 0.6 is 0 Å². The van der Waals surface area contributed by atoms with E-state index in [0.29, 0.717) is 12.1 Å². The molecule has 4 nitrogen and oxygen atoms in total. The van der Waals surface area contributed by atoms with Crippen LogP contribution in [0.3, 0.4) is 0 Å². The number of hydrogen-bond donors (Lipinski definition) is 1. The van der Waals surface area contributed by atoms with E-state index in [0.717, 1.165) is 28.1 Å². The van der Waals surface area contributed by atoms with Crippen LogP contribution in [-0.2, 0) is 17.8 Å². The summed E-state index contributed by atoms with van der Waals surface area (Å²) in [6, 6.07) is 34.5. The Morgan fingerprint density at radius 1 is 0.727 bits per heavy atom. The average Bonchev–Trinajstić information content (AvgIpc) is 2.84. The van der Waals surface area contributed by atoms with Gasteiger partial charge in [0.2, 0.25) is 5.91 Å². The van der Waals surface area contributed by atoms with Crippen LogP contribution in [0.5, 0.6) is 0 Å². The van der Waals surface area contributed by atoms with Crippen LogP contribution in [0.1, 0.15) is 27.0 Å². The molecule has 0 atom stereocenters. The maximum absolute atomic E-state index is 13.3. The van der Waals surface area contributed by atoms with Gasteiger partial charge in [-0.15, -0.1) is 0 Å². The van der Waals surface area contributed by atoms with Crippen LogP contribution in [-0.4, -0.2) is 11.8 Å². The number of carbonyl (C=O) groups excluding carboxylic acids is 2. The van der Waals surface area contributed by atoms with Gasteiger partial charge in [0.15, 0.2) is 0 Å². The van der Waals surface area contributed by atoms with Crippen molar-refractivity contribution < 1.29 is 9.59 Å². The second kappa shape index (κ2) is 10.4. The minimum Gasteiger partial charge on any atom is -0.326 e. The van der Waals surface area contributed by atoms with Crippen molar-refractivity contribution in [1.29, 1.82) is 0 Å². The van der Waals surface area contributed by atoms with E-state index in [9.17, 15) is 9.59 Å². The molecule has 4 aromatic rings. The third kappa shape index (κ3) is 5.95. The molecule has 0 unspecified atom stereocenters. The first-order valence-corrected chi connectivity index (χ1v) is 10.9. The lowest BCUT2D eigenvalue weighted by Crippen LogP contribution is -2.30. The molecular formula is C29H26N2O2. The number of carbonyl (C=O) groups is 2. The Morgan fingerprint density at radius 2 is 1.39 bits per heavy atom. The fourth-order valence-corrected chi connectivity index (χ4v) is 3.69. The number of nitrogens with zero attached hydrogens (tertiary/aromatic N) is 1. The molecule has 0 aliphatic carbocycles. The molecule has 4 rings (SSSR count). The molecule has 0 saturated carbocycles. The number of amides is 2. The highest BCUT2D eigenvalue weighted by atomic mass is 16.2. The van der Waals surface area contributed by atoms with Crippen molar-refractivity contribution in [2.45, 2.75) is 19.9 Å². The Bertz CT molecular complexity index is 1220. The molecule has 0 bridgehead atoms. The van der Waals surface area contributed by atoms with Crippen LogP contribution in [0, 0.1) is 6.92 Å². The van der Waals surface area contributed by atoms with Gasteiger partial charge in [0.05, 0.1) is 13.0 Å². The van der Waals surface area contributed by atoms with Crippen LogP contribution in [0.4, 0.5) is 11.4 Å². The molecule has 0 saturated heterocycles. The van der Waals surface area contributed by atoms with Crippen LogP contribution in [0.25, 0.3) is 0 Å². The van der Waals surface area contributed by atoms with Gasteiger partial charge in [0.25, 0.3) is 5.91 Å². The number of anilines is 2. The van der Waals surface area contributed by atoms with Gasteiger partial charge in [-0.2, -0.15) is 0 Å². The molecule has 0 heterocycles. The van der Waals surface area contributed by atoms with Crippen molar-refractivity contribution in [2.24, 2.45) is 0 Å². The van der Waals surface area contributed by atoms with E-state index >= 15 is 0 Å². The summed E-state index contributed by atoms with van der Waals surface area (Å²) < 4.78 is 0. The van der Waals surface area contributed by atoms with Crippen LogP contribution in [0.2, 0.25) is 0 Å². The van der Waals surface area contributed by atoms with Crippen LogP contribution < -0.4 is 10.2 Å². The summed E-state index contributed by atoms with van der Waals surface area (Å²) in [6.45, 7) is 2.45. The number of rotatable bonds is 7. The molecule has 164 valence electrons. The fraction of sp³-hybridized carbons (Fsp3) is 0.103. The number of aryl methyl sites for hydroxylation is 1. The number of benzene rings is 4. The van der Waals surface area contributed by atoms with Gasteiger partial charge in [0.1, 0.15) is 0 Å². The maximum Gasteiger partial charge on any atom is 0.258 e. The zero-order valence-corrected chi connectivity index (χ0v) is 18.6.